The highest BCUT2D eigenvalue weighted by molar-refractivity contribution is 6.24. The third-order valence-electron chi connectivity index (χ3n) is 3.17. The molecule has 1 aliphatic heterocycles. The van der Waals surface area contributed by atoms with Gasteiger partial charge >= 0.3 is 0 Å². The molecule has 98 valence electrons. The van der Waals surface area contributed by atoms with Gasteiger partial charge in [-0.05, 0) is 19.1 Å². The van der Waals surface area contributed by atoms with Gasteiger partial charge in [0, 0.05) is 19.0 Å². The maximum atomic E-state index is 12.0. The summed E-state index contributed by atoms with van der Waals surface area (Å²) in [6.07, 6.45) is 0.389. The van der Waals surface area contributed by atoms with E-state index in [0.717, 1.165) is 17.2 Å². The summed E-state index contributed by atoms with van der Waals surface area (Å²) in [4.78, 5) is 13.7. The lowest BCUT2D eigenvalue weighted by molar-refractivity contribution is -0.117. The summed E-state index contributed by atoms with van der Waals surface area (Å²) in [5.74, 6) is 0.842. The number of carbonyl (C=O) groups excluding carboxylic acids is 1. The van der Waals surface area contributed by atoms with Crippen molar-refractivity contribution in [1.82, 2.24) is 9.78 Å². The number of hydrogen-bond acceptors (Lipinski definition) is 2. The minimum absolute atomic E-state index is 0.0529. The van der Waals surface area contributed by atoms with E-state index in [1.165, 1.54) is 0 Å². The van der Waals surface area contributed by atoms with Gasteiger partial charge < -0.3 is 0 Å². The zero-order valence-corrected chi connectivity index (χ0v) is 11.3. The Kier molecular flexibility index (Phi) is 3.03. The number of anilines is 1. The maximum absolute atomic E-state index is 12.0. The molecule has 2 aromatic rings. The van der Waals surface area contributed by atoms with Crippen LogP contribution < -0.4 is 4.90 Å². The van der Waals surface area contributed by atoms with Gasteiger partial charge in [-0.25, -0.2) is 4.68 Å². The molecule has 1 fully saturated rings. The molecule has 0 N–H and O–H groups in total. The van der Waals surface area contributed by atoms with Gasteiger partial charge in [-0.2, -0.15) is 5.10 Å². The number of nitrogens with zero attached hydrogens (tertiary/aromatic N) is 3. The number of hydrogen-bond donors (Lipinski definition) is 0. The van der Waals surface area contributed by atoms with Crippen LogP contribution in [0.5, 0.6) is 0 Å². The Hall–Kier alpha value is -1.81. The van der Waals surface area contributed by atoms with Crippen molar-refractivity contribution in [3.63, 3.8) is 0 Å². The molecule has 4 nitrogen and oxygen atoms in total. The molecule has 0 saturated carbocycles. The molecule has 3 rings (SSSR count). The quantitative estimate of drug-likeness (QED) is 0.790. The predicted octanol–water partition coefficient (Wildman–Crippen LogP) is 2.52. The molecule has 19 heavy (non-hydrogen) atoms. The molecule has 1 aromatic heterocycles. The number of amides is 1. The Morgan fingerprint density at radius 1 is 1.32 bits per heavy atom. The van der Waals surface area contributed by atoms with Crippen molar-refractivity contribution in [1.29, 1.82) is 0 Å². The molecule has 1 unspecified atom stereocenters. The molecule has 0 radical (unpaired) electrons. The Labute approximate surface area is 116 Å². The van der Waals surface area contributed by atoms with Crippen molar-refractivity contribution in [3.8, 4) is 5.69 Å². The lowest BCUT2D eigenvalue weighted by Gasteiger charge is -2.17. The fraction of sp³-hybridized carbons (Fsp3) is 0.286. The first kappa shape index (κ1) is 12.2. The molecule has 1 aromatic carbocycles. The summed E-state index contributed by atoms with van der Waals surface area (Å²) >= 11 is 6.06. The predicted molar refractivity (Wildman–Crippen MR) is 74.9 cm³/mol. The average Bonchev–Trinajstić information content (AvgIpc) is 2.93. The van der Waals surface area contributed by atoms with Crippen LogP contribution in [-0.4, -0.2) is 27.6 Å². The molecule has 0 aliphatic carbocycles. The highest BCUT2D eigenvalue weighted by atomic mass is 35.5. The van der Waals surface area contributed by atoms with E-state index in [1.54, 1.807) is 9.58 Å². The second-order valence-corrected chi connectivity index (χ2v) is 5.31. The Bertz CT molecular complexity index is 608. The van der Waals surface area contributed by atoms with Gasteiger partial charge in [-0.15, -0.1) is 11.6 Å². The molecule has 5 heteroatoms. The van der Waals surface area contributed by atoms with Crippen molar-refractivity contribution < 1.29 is 4.79 Å². The van der Waals surface area contributed by atoms with Crippen molar-refractivity contribution in [2.75, 3.05) is 11.4 Å². The SMILES string of the molecule is Cc1cc(N2CC(Cl)CC2=O)n(-c2ccccc2)n1. The minimum atomic E-state index is -0.119. The number of carbonyl (C=O) groups is 1. The first-order chi connectivity index (χ1) is 9.15. The van der Waals surface area contributed by atoms with Crippen molar-refractivity contribution in [2.24, 2.45) is 0 Å². The average molecular weight is 276 g/mol. The van der Waals surface area contributed by atoms with Gasteiger partial charge in [0.1, 0.15) is 5.82 Å². The minimum Gasteiger partial charge on any atom is -0.295 e. The van der Waals surface area contributed by atoms with E-state index in [0.29, 0.717) is 13.0 Å². The molecule has 1 saturated heterocycles. The molecular weight excluding hydrogens is 262 g/mol. The monoisotopic (exact) mass is 275 g/mol. The number of benzene rings is 1. The van der Waals surface area contributed by atoms with Gasteiger partial charge in [-0.1, -0.05) is 18.2 Å². The molecule has 2 heterocycles. The summed E-state index contributed by atoms with van der Waals surface area (Å²) < 4.78 is 1.79. The zero-order valence-electron chi connectivity index (χ0n) is 10.6. The van der Waals surface area contributed by atoms with E-state index in [-0.39, 0.29) is 11.3 Å². The van der Waals surface area contributed by atoms with Gasteiger partial charge in [0.25, 0.3) is 0 Å². The standard InChI is InChI=1S/C14H14ClN3O/c1-10-7-13(17-9-11(15)8-14(17)19)18(16-10)12-5-3-2-4-6-12/h2-7,11H,8-9H2,1H3. The van der Waals surface area contributed by atoms with Gasteiger partial charge in [-0.3, -0.25) is 9.69 Å². The van der Waals surface area contributed by atoms with E-state index >= 15 is 0 Å². The topological polar surface area (TPSA) is 38.1 Å². The van der Waals surface area contributed by atoms with Crippen LogP contribution in [-0.2, 0) is 4.79 Å². The lowest BCUT2D eigenvalue weighted by atomic mass is 10.3. The highest BCUT2D eigenvalue weighted by Gasteiger charge is 2.31. The van der Waals surface area contributed by atoms with Crippen LogP contribution in [0, 0.1) is 6.92 Å². The number of aromatic nitrogens is 2. The van der Waals surface area contributed by atoms with Crippen LogP contribution in [0.1, 0.15) is 12.1 Å². The third kappa shape index (κ3) is 2.24. The van der Waals surface area contributed by atoms with Gasteiger partial charge in [0.2, 0.25) is 5.91 Å². The van der Waals surface area contributed by atoms with Crippen molar-refractivity contribution in [2.45, 2.75) is 18.7 Å². The number of para-hydroxylation sites is 1. The van der Waals surface area contributed by atoms with Gasteiger partial charge in [0.05, 0.1) is 16.8 Å². The van der Waals surface area contributed by atoms with Crippen LogP contribution in [0.4, 0.5) is 5.82 Å². The van der Waals surface area contributed by atoms with Crippen LogP contribution in [0.2, 0.25) is 0 Å². The molecule has 0 bridgehead atoms. The molecule has 1 atom stereocenters. The molecule has 1 aliphatic rings. The van der Waals surface area contributed by atoms with Crippen molar-refractivity contribution >= 4 is 23.3 Å². The number of rotatable bonds is 2. The first-order valence-electron chi connectivity index (χ1n) is 6.21. The molecular formula is C14H14ClN3O. The smallest absolute Gasteiger partial charge is 0.229 e. The fourth-order valence-electron chi connectivity index (χ4n) is 2.32. The summed E-state index contributed by atoms with van der Waals surface area (Å²) in [7, 11) is 0. The largest absolute Gasteiger partial charge is 0.295 e. The van der Waals surface area contributed by atoms with E-state index in [2.05, 4.69) is 5.10 Å². The van der Waals surface area contributed by atoms with Crippen LogP contribution >= 0.6 is 11.6 Å². The number of alkyl halides is 1. The Morgan fingerprint density at radius 2 is 2.05 bits per heavy atom. The summed E-state index contributed by atoms with van der Waals surface area (Å²) in [5.41, 5.74) is 1.82. The van der Waals surface area contributed by atoms with E-state index in [1.807, 2.05) is 43.3 Å². The second kappa shape index (κ2) is 4.70. The van der Waals surface area contributed by atoms with Crippen LogP contribution in [0.3, 0.4) is 0 Å². The second-order valence-electron chi connectivity index (χ2n) is 4.70. The van der Waals surface area contributed by atoms with Crippen molar-refractivity contribution in [3.05, 3.63) is 42.1 Å². The van der Waals surface area contributed by atoms with E-state index in [9.17, 15) is 4.79 Å². The van der Waals surface area contributed by atoms with E-state index in [4.69, 9.17) is 11.6 Å². The van der Waals surface area contributed by atoms with Crippen LogP contribution in [0.25, 0.3) is 5.69 Å². The maximum Gasteiger partial charge on any atom is 0.229 e. The molecule has 1 amide bonds. The first-order valence-corrected chi connectivity index (χ1v) is 6.65. The number of halogens is 1. The van der Waals surface area contributed by atoms with Gasteiger partial charge in [0.15, 0.2) is 0 Å². The zero-order chi connectivity index (χ0) is 13.4. The van der Waals surface area contributed by atoms with E-state index < -0.39 is 0 Å². The van der Waals surface area contributed by atoms with Crippen LogP contribution in [0.15, 0.2) is 36.4 Å². The summed E-state index contributed by atoms with van der Waals surface area (Å²) in [6.45, 7) is 2.46. The summed E-state index contributed by atoms with van der Waals surface area (Å²) in [6, 6.07) is 11.7. The summed E-state index contributed by atoms with van der Waals surface area (Å²) in [5, 5.41) is 4.35. The normalized spacial score (nSPS) is 19.2. The Morgan fingerprint density at radius 3 is 2.68 bits per heavy atom. The number of aryl methyl sites for hydroxylation is 1. The lowest BCUT2D eigenvalue weighted by Crippen LogP contribution is -2.27. The third-order valence-corrected chi connectivity index (χ3v) is 3.46. The highest BCUT2D eigenvalue weighted by Crippen LogP contribution is 2.27. The Balaban J connectivity index is 2.05. The fourth-order valence-corrected chi connectivity index (χ4v) is 2.59. The molecule has 0 spiro atoms.